The third kappa shape index (κ3) is 8.15. The SMILES string of the molecule is Oc1ccc(OC2CC(OCc3ccccc3)C(OCc3ccccc3)C(COCc3ccccc3)O2)cc1. The maximum Gasteiger partial charge on any atom is 0.202 e. The lowest BCUT2D eigenvalue weighted by molar-refractivity contribution is -0.257. The molecule has 1 saturated heterocycles. The van der Waals surface area contributed by atoms with E-state index >= 15 is 0 Å². The fourth-order valence-electron chi connectivity index (χ4n) is 4.57. The van der Waals surface area contributed by atoms with E-state index in [9.17, 15) is 5.11 Å². The van der Waals surface area contributed by atoms with Crippen LogP contribution in [0, 0.1) is 0 Å². The molecule has 0 spiro atoms. The minimum Gasteiger partial charge on any atom is -0.508 e. The Bertz CT molecular complexity index is 1230. The molecule has 0 bridgehead atoms. The highest BCUT2D eigenvalue weighted by Crippen LogP contribution is 2.30. The zero-order valence-corrected chi connectivity index (χ0v) is 21.8. The molecule has 0 amide bonds. The molecule has 39 heavy (non-hydrogen) atoms. The van der Waals surface area contributed by atoms with Crippen molar-refractivity contribution in [2.75, 3.05) is 6.61 Å². The van der Waals surface area contributed by atoms with E-state index in [1.165, 1.54) is 0 Å². The van der Waals surface area contributed by atoms with Crippen LogP contribution >= 0.6 is 0 Å². The molecule has 0 aliphatic carbocycles. The van der Waals surface area contributed by atoms with Gasteiger partial charge in [0.1, 0.15) is 23.7 Å². The van der Waals surface area contributed by atoms with E-state index in [1.54, 1.807) is 24.3 Å². The predicted molar refractivity (Wildman–Crippen MR) is 148 cm³/mol. The molecule has 1 heterocycles. The lowest BCUT2D eigenvalue weighted by atomic mass is 10.0. The van der Waals surface area contributed by atoms with Gasteiger partial charge in [-0.2, -0.15) is 0 Å². The summed E-state index contributed by atoms with van der Waals surface area (Å²) in [5, 5.41) is 9.66. The molecular weight excluding hydrogens is 492 g/mol. The standard InChI is InChI=1S/C33H34O6/c34-28-16-18-29(19-17-28)38-32-20-30(36-22-26-12-6-2-7-13-26)33(37-23-27-14-8-3-9-15-27)31(39-32)24-35-21-25-10-4-1-5-11-25/h1-19,30-34H,20-24H2. The topological polar surface area (TPSA) is 66.4 Å². The van der Waals surface area contributed by atoms with Crippen LogP contribution in [0.15, 0.2) is 115 Å². The number of rotatable bonds is 12. The van der Waals surface area contributed by atoms with Crippen LogP contribution in [0.2, 0.25) is 0 Å². The highest BCUT2D eigenvalue weighted by molar-refractivity contribution is 5.30. The molecule has 1 N–H and O–H groups in total. The molecule has 4 unspecified atom stereocenters. The number of hydrogen-bond donors (Lipinski definition) is 1. The fraction of sp³-hybridized carbons (Fsp3) is 0.273. The van der Waals surface area contributed by atoms with E-state index in [0.29, 0.717) is 38.6 Å². The number of ether oxygens (including phenoxy) is 5. The summed E-state index contributed by atoms with van der Waals surface area (Å²) in [6, 6.07) is 36.8. The highest BCUT2D eigenvalue weighted by atomic mass is 16.7. The van der Waals surface area contributed by atoms with Crippen LogP contribution in [0.25, 0.3) is 0 Å². The molecule has 0 saturated carbocycles. The molecule has 6 heteroatoms. The normalized spacial score (nSPS) is 20.9. The first-order chi connectivity index (χ1) is 19.2. The summed E-state index contributed by atoms with van der Waals surface area (Å²) < 4.78 is 31.7. The van der Waals surface area contributed by atoms with Crippen LogP contribution in [0.1, 0.15) is 23.1 Å². The third-order valence-electron chi connectivity index (χ3n) is 6.57. The Kier molecular flexibility index (Phi) is 9.60. The van der Waals surface area contributed by atoms with E-state index in [1.807, 2.05) is 91.0 Å². The van der Waals surface area contributed by atoms with Crippen molar-refractivity contribution in [1.82, 2.24) is 0 Å². The molecule has 4 aromatic carbocycles. The van der Waals surface area contributed by atoms with E-state index < -0.39 is 12.4 Å². The third-order valence-corrected chi connectivity index (χ3v) is 6.57. The highest BCUT2D eigenvalue weighted by Gasteiger charge is 2.41. The van der Waals surface area contributed by atoms with Crippen LogP contribution in [0.4, 0.5) is 0 Å². The average molecular weight is 527 g/mol. The van der Waals surface area contributed by atoms with Gasteiger partial charge in [-0.1, -0.05) is 91.0 Å². The van der Waals surface area contributed by atoms with E-state index in [2.05, 4.69) is 0 Å². The van der Waals surface area contributed by atoms with Crippen molar-refractivity contribution >= 4 is 0 Å². The molecule has 202 valence electrons. The second-order valence-corrected chi connectivity index (χ2v) is 9.55. The Morgan fingerprint density at radius 1 is 0.641 bits per heavy atom. The summed E-state index contributed by atoms with van der Waals surface area (Å²) in [5.74, 6) is 0.782. The number of benzene rings is 4. The smallest absolute Gasteiger partial charge is 0.202 e. The first kappa shape index (κ1) is 26.9. The lowest BCUT2D eigenvalue weighted by Gasteiger charge is -2.41. The Labute approximate surface area is 229 Å². The van der Waals surface area contributed by atoms with Gasteiger partial charge in [0.2, 0.25) is 6.29 Å². The van der Waals surface area contributed by atoms with Gasteiger partial charge in [0, 0.05) is 6.42 Å². The second-order valence-electron chi connectivity index (χ2n) is 9.55. The zero-order chi connectivity index (χ0) is 26.7. The van der Waals surface area contributed by atoms with Crippen LogP contribution in [-0.4, -0.2) is 36.3 Å². The summed E-state index contributed by atoms with van der Waals surface area (Å²) in [7, 11) is 0. The molecule has 4 atom stereocenters. The number of phenolic OH excluding ortho intramolecular Hbond substituents is 1. The fourth-order valence-corrected chi connectivity index (χ4v) is 4.57. The van der Waals surface area contributed by atoms with Gasteiger partial charge >= 0.3 is 0 Å². The quantitative estimate of drug-likeness (QED) is 0.235. The van der Waals surface area contributed by atoms with Crippen LogP contribution in [0.5, 0.6) is 11.5 Å². The molecule has 0 radical (unpaired) electrons. The van der Waals surface area contributed by atoms with Gasteiger partial charge in [-0.25, -0.2) is 0 Å². The van der Waals surface area contributed by atoms with Gasteiger partial charge < -0.3 is 28.8 Å². The van der Waals surface area contributed by atoms with Crippen molar-refractivity contribution in [1.29, 1.82) is 0 Å². The molecule has 4 aromatic rings. The Morgan fingerprint density at radius 3 is 1.77 bits per heavy atom. The monoisotopic (exact) mass is 526 g/mol. The molecule has 5 rings (SSSR count). The first-order valence-electron chi connectivity index (χ1n) is 13.3. The van der Waals surface area contributed by atoms with E-state index in [0.717, 1.165) is 16.7 Å². The van der Waals surface area contributed by atoms with Crippen molar-refractivity contribution in [2.45, 2.75) is 50.8 Å². The van der Waals surface area contributed by atoms with Crippen LogP contribution < -0.4 is 4.74 Å². The minimum atomic E-state index is -0.572. The van der Waals surface area contributed by atoms with Gasteiger partial charge in [0.15, 0.2) is 0 Å². The summed E-state index contributed by atoms with van der Waals surface area (Å²) in [6.07, 6.45) is -1.19. The zero-order valence-electron chi connectivity index (χ0n) is 21.8. The van der Waals surface area contributed by atoms with Gasteiger partial charge in [-0.05, 0) is 41.0 Å². The van der Waals surface area contributed by atoms with Gasteiger partial charge in [-0.3, -0.25) is 0 Å². The Morgan fingerprint density at radius 2 is 1.18 bits per heavy atom. The van der Waals surface area contributed by atoms with Gasteiger partial charge in [-0.15, -0.1) is 0 Å². The predicted octanol–water partition coefficient (Wildman–Crippen LogP) is 6.27. The molecular formula is C33H34O6. The summed E-state index contributed by atoms with van der Waals surface area (Å²) in [5.41, 5.74) is 3.24. The number of aromatic hydroxyl groups is 1. The second kappa shape index (κ2) is 13.9. The maximum absolute atomic E-state index is 9.66. The Hall–Kier alpha value is -3.68. The summed E-state index contributed by atoms with van der Waals surface area (Å²) >= 11 is 0. The maximum atomic E-state index is 9.66. The van der Waals surface area contributed by atoms with E-state index in [4.69, 9.17) is 23.7 Å². The molecule has 1 aliphatic heterocycles. The first-order valence-corrected chi connectivity index (χ1v) is 13.3. The van der Waals surface area contributed by atoms with Gasteiger partial charge in [0.25, 0.3) is 0 Å². The largest absolute Gasteiger partial charge is 0.508 e. The average Bonchev–Trinajstić information content (AvgIpc) is 2.98. The van der Waals surface area contributed by atoms with Crippen LogP contribution in [-0.2, 0) is 38.8 Å². The lowest BCUT2D eigenvalue weighted by Crippen LogP contribution is -2.53. The van der Waals surface area contributed by atoms with Crippen molar-refractivity contribution in [3.8, 4) is 11.5 Å². The minimum absolute atomic E-state index is 0.178. The molecule has 6 nitrogen and oxygen atoms in total. The Balaban J connectivity index is 1.33. The van der Waals surface area contributed by atoms with Crippen LogP contribution in [0.3, 0.4) is 0 Å². The molecule has 1 fully saturated rings. The molecule has 0 aromatic heterocycles. The number of hydrogen-bond acceptors (Lipinski definition) is 6. The van der Waals surface area contributed by atoms with Crippen molar-refractivity contribution < 1.29 is 28.8 Å². The van der Waals surface area contributed by atoms with Crippen molar-refractivity contribution in [2.24, 2.45) is 0 Å². The van der Waals surface area contributed by atoms with Crippen molar-refractivity contribution in [3.63, 3.8) is 0 Å². The summed E-state index contributed by atoms with van der Waals surface area (Å²) in [4.78, 5) is 0. The summed E-state index contributed by atoms with van der Waals surface area (Å²) in [6.45, 7) is 1.65. The van der Waals surface area contributed by atoms with Gasteiger partial charge in [0.05, 0.1) is 32.5 Å². The number of phenols is 1. The van der Waals surface area contributed by atoms with Crippen molar-refractivity contribution in [3.05, 3.63) is 132 Å². The molecule has 1 aliphatic rings. The van der Waals surface area contributed by atoms with E-state index in [-0.39, 0.29) is 18.0 Å².